The van der Waals surface area contributed by atoms with Crippen LogP contribution in [0.2, 0.25) is 38.4 Å². The van der Waals surface area contributed by atoms with Crippen molar-refractivity contribution in [2.24, 2.45) is 0 Å². The van der Waals surface area contributed by atoms with Crippen LogP contribution in [-0.4, -0.2) is 21.5 Å². The van der Waals surface area contributed by atoms with Gasteiger partial charge < -0.3 is 0 Å². The monoisotopic (exact) mass is 788 g/mol. The number of hydrogen-bond donors (Lipinski definition) is 0. The molecule has 0 aromatic heterocycles. The third kappa shape index (κ3) is 7.84. The highest BCUT2D eigenvalue weighted by Crippen LogP contribution is 2.40. The lowest BCUT2D eigenvalue weighted by atomic mass is 9.35. The molecular weight excluding hydrogens is 738 g/mol. The van der Waals surface area contributed by atoms with E-state index in [9.17, 15) is 10.5 Å². The number of nitriles is 2. The van der Waals surface area contributed by atoms with Crippen LogP contribution >= 0.6 is 0 Å². The molecule has 7 aromatic rings. The minimum atomic E-state index is -2.07. The Morgan fingerprint density at radius 1 is 0.450 bits per heavy atom. The molecule has 2 saturated carbocycles. The second-order valence-electron chi connectivity index (χ2n) is 18.0. The molecule has 0 unspecified atom stereocenters. The fourth-order valence-electron chi connectivity index (χ4n) is 9.49. The Labute approximate surface area is 358 Å². The van der Waals surface area contributed by atoms with E-state index < -0.39 is 8.07 Å². The second-order valence-corrected chi connectivity index (χ2v) is 22.3. The Balaban J connectivity index is 1.08. The standard InChI is InChI=1S/C55H50B2N2Si/c1-56(50-12-9-13-50)51-25-22-40(23-26-51)47-32-46(39-18-16-38(17-19-39)44-20-21-45(36-58)54(35-44)57(2)52-27-28-52)33-48(34-47)42-11-8-10-41(30-42)43-24-29-55(49(31-43)37-59)60(3,4)53-14-6-5-7-15-53/h5-8,10-11,14-26,29-35,50,52H,9,12-13,27-28H2,1-4H3. The first-order valence-corrected chi connectivity index (χ1v) is 24.8. The van der Waals surface area contributed by atoms with E-state index in [1.165, 1.54) is 70.1 Å². The summed E-state index contributed by atoms with van der Waals surface area (Å²) in [6, 6.07) is 62.5. The Morgan fingerprint density at radius 2 is 0.933 bits per heavy atom. The molecule has 0 bridgehead atoms. The summed E-state index contributed by atoms with van der Waals surface area (Å²) in [5.41, 5.74) is 15.6. The minimum absolute atomic E-state index is 0.398. The second kappa shape index (κ2) is 16.5. The van der Waals surface area contributed by atoms with E-state index in [2.05, 4.69) is 191 Å². The van der Waals surface area contributed by atoms with Crippen LogP contribution in [-0.2, 0) is 0 Å². The zero-order valence-corrected chi connectivity index (χ0v) is 36.3. The largest absolute Gasteiger partial charge is 0.192 e. The quantitative estimate of drug-likeness (QED) is 0.123. The van der Waals surface area contributed by atoms with Crippen molar-refractivity contribution in [3.8, 4) is 67.8 Å². The van der Waals surface area contributed by atoms with Gasteiger partial charge in [-0.2, -0.15) is 10.5 Å². The Kier molecular flexibility index (Phi) is 10.8. The molecule has 0 saturated heterocycles. The maximum atomic E-state index is 10.4. The fraction of sp³-hybridized carbons (Fsp3) is 0.200. The van der Waals surface area contributed by atoms with Gasteiger partial charge in [-0.25, -0.2) is 0 Å². The zero-order chi connectivity index (χ0) is 41.4. The van der Waals surface area contributed by atoms with E-state index in [1.54, 1.807) is 0 Å². The molecule has 0 N–H and O–H groups in total. The summed E-state index contributed by atoms with van der Waals surface area (Å²) in [6.45, 7) is 10.3. The fourth-order valence-corrected chi connectivity index (χ4v) is 12.1. The van der Waals surface area contributed by atoms with Gasteiger partial charge in [-0.3, -0.25) is 0 Å². The predicted octanol–water partition coefficient (Wildman–Crippen LogP) is 12.0. The maximum Gasteiger partial charge on any atom is 0.177 e. The summed E-state index contributed by atoms with van der Waals surface area (Å²) in [5, 5.41) is 22.8. The van der Waals surface area contributed by atoms with Gasteiger partial charge in [-0.1, -0.05) is 208 Å². The van der Waals surface area contributed by atoms with Crippen molar-refractivity contribution in [1.29, 1.82) is 10.5 Å². The number of nitrogens with zero attached hydrogens (tertiary/aromatic N) is 2. The van der Waals surface area contributed by atoms with Gasteiger partial charge in [-0.05, 0) is 97.2 Å². The van der Waals surface area contributed by atoms with Crippen molar-refractivity contribution in [2.75, 3.05) is 0 Å². The molecule has 2 aliphatic rings. The van der Waals surface area contributed by atoms with Crippen LogP contribution in [0.15, 0.2) is 158 Å². The van der Waals surface area contributed by atoms with Gasteiger partial charge in [0.25, 0.3) is 0 Å². The first kappa shape index (κ1) is 39.3. The first-order chi connectivity index (χ1) is 29.2. The van der Waals surface area contributed by atoms with Gasteiger partial charge in [0.2, 0.25) is 0 Å². The highest BCUT2D eigenvalue weighted by Gasteiger charge is 2.33. The number of benzene rings is 7. The van der Waals surface area contributed by atoms with Gasteiger partial charge >= 0.3 is 0 Å². The van der Waals surface area contributed by atoms with E-state index in [0.717, 1.165) is 55.9 Å². The van der Waals surface area contributed by atoms with E-state index in [-0.39, 0.29) is 0 Å². The summed E-state index contributed by atoms with van der Waals surface area (Å²) in [5.74, 6) is 1.49. The average molecular weight is 789 g/mol. The summed E-state index contributed by atoms with van der Waals surface area (Å²) in [6.07, 6.45) is 6.55. The third-order valence-corrected chi connectivity index (χ3v) is 17.5. The first-order valence-electron chi connectivity index (χ1n) is 21.8. The molecule has 9 rings (SSSR count). The van der Waals surface area contributed by atoms with Crippen molar-refractivity contribution >= 4 is 42.8 Å². The molecule has 0 amide bonds. The summed E-state index contributed by atoms with van der Waals surface area (Å²) in [7, 11) is -2.07. The lowest BCUT2D eigenvalue weighted by molar-refractivity contribution is 0.496. The van der Waals surface area contributed by atoms with E-state index in [4.69, 9.17) is 0 Å². The van der Waals surface area contributed by atoms with Crippen molar-refractivity contribution < 1.29 is 0 Å². The maximum absolute atomic E-state index is 10.4. The Bertz CT molecular complexity index is 2770. The number of hydrogen-bond acceptors (Lipinski definition) is 2. The van der Waals surface area contributed by atoms with Crippen LogP contribution in [0.1, 0.15) is 43.2 Å². The lowest BCUT2D eigenvalue weighted by Crippen LogP contribution is -2.53. The normalized spacial score (nSPS) is 13.8. The molecule has 2 nitrogen and oxygen atoms in total. The SMILES string of the molecule is CB(c1ccc(-c2cc(-c3ccc(-c4ccc(C#N)c(B(C)C5CC5)c4)cc3)cc(-c3cccc(-c4ccc([Si](C)(C)c5ccccc5)c(C#N)c4)c3)c2)cc1)C1CCC1. The number of rotatable bonds is 11. The molecule has 0 aliphatic heterocycles. The van der Waals surface area contributed by atoms with E-state index >= 15 is 0 Å². The highest BCUT2D eigenvalue weighted by atomic mass is 28.3. The Hall–Kier alpha value is -6.13. The molecule has 60 heavy (non-hydrogen) atoms. The summed E-state index contributed by atoms with van der Waals surface area (Å²) < 4.78 is 0. The third-order valence-electron chi connectivity index (χ3n) is 13.9. The molecule has 0 atom stereocenters. The van der Waals surface area contributed by atoms with Crippen LogP contribution in [0.5, 0.6) is 0 Å². The molecular formula is C55H50B2N2Si. The van der Waals surface area contributed by atoms with Gasteiger partial charge in [0.15, 0.2) is 13.4 Å². The molecule has 290 valence electrons. The van der Waals surface area contributed by atoms with Gasteiger partial charge in [0.05, 0.1) is 17.7 Å². The smallest absolute Gasteiger partial charge is 0.177 e. The van der Waals surface area contributed by atoms with Crippen molar-refractivity contribution in [3.05, 3.63) is 169 Å². The van der Waals surface area contributed by atoms with Gasteiger partial charge in [0, 0.05) is 5.56 Å². The molecule has 0 spiro atoms. The highest BCUT2D eigenvalue weighted by molar-refractivity contribution is 7.00. The average Bonchev–Trinajstić information content (AvgIpc) is 4.14. The predicted molar refractivity (Wildman–Crippen MR) is 259 cm³/mol. The molecule has 2 fully saturated rings. The van der Waals surface area contributed by atoms with Crippen LogP contribution < -0.4 is 21.3 Å². The van der Waals surface area contributed by atoms with Crippen molar-refractivity contribution in [1.82, 2.24) is 0 Å². The lowest BCUT2D eigenvalue weighted by Gasteiger charge is -2.29. The van der Waals surface area contributed by atoms with Gasteiger partial charge in [0.1, 0.15) is 8.07 Å². The van der Waals surface area contributed by atoms with Crippen LogP contribution in [0.4, 0.5) is 0 Å². The summed E-state index contributed by atoms with van der Waals surface area (Å²) in [4.78, 5) is 0. The molecule has 0 heterocycles. The van der Waals surface area contributed by atoms with E-state index in [1.807, 2.05) is 6.07 Å². The van der Waals surface area contributed by atoms with Crippen LogP contribution in [0.25, 0.3) is 55.6 Å². The van der Waals surface area contributed by atoms with Crippen LogP contribution in [0.3, 0.4) is 0 Å². The van der Waals surface area contributed by atoms with E-state index in [0.29, 0.717) is 19.2 Å². The molecule has 5 heteroatoms. The molecule has 2 aliphatic carbocycles. The van der Waals surface area contributed by atoms with Crippen molar-refractivity contribution in [3.63, 3.8) is 0 Å². The van der Waals surface area contributed by atoms with Crippen LogP contribution in [0, 0.1) is 22.7 Å². The minimum Gasteiger partial charge on any atom is -0.192 e. The van der Waals surface area contributed by atoms with Gasteiger partial charge in [-0.15, -0.1) is 0 Å². The Morgan fingerprint density at radius 3 is 1.52 bits per heavy atom. The topological polar surface area (TPSA) is 47.6 Å². The zero-order valence-electron chi connectivity index (χ0n) is 35.3. The molecule has 7 aromatic carbocycles. The molecule has 0 radical (unpaired) electrons. The summed E-state index contributed by atoms with van der Waals surface area (Å²) >= 11 is 0. The van der Waals surface area contributed by atoms with Crippen molar-refractivity contribution in [2.45, 2.75) is 70.5 Å².